The SMILES string of the molecule is CC1=CC[C@@H]2C(=O)N(N(CC(=O)c3ccc(Cl)cc3)C(=O)c3ccccc3[N+](=O)[O-])C(=O)[C@H]2C1. The first-order valence-corrected chi connectivity index (χ1v) is 10.9. The van der Waals surface area contributed by atoms with Crippen molar-refractivity contribution in [1.29, 1.82) is 0 Å². The van der Waals surface area contributed by atoms with Crippen molar-refractivity contribution < 1.29 is 24.1 Å². The maximum absolute atomic E-state index is 13.5. The second-order valence-corrected chi connectivity index (χ2v) is 8.70. The number of para-hydroxylation sites is 1. The van der Waals surface area contributed by atoms with Gasteiger partial charge in [-0.05, 0) is 50.1 Å². The number of hydrazine groups is 1. The molecular formula is C24H20ClN3O6. The molecule has 0 bridgehead atoms. The first kappa shape index (κ1) is 23.3. The van der Waals surface area contributed by atoms with Gasteiger partial charge in [0.05, 0.1) is 16.8 Å². The van der Waals surface area contributed by atoms with Gasteiger partial charge >= 0.3 is 0 Å². The molecule has 1 saturated heterocycles. The lowest BCUT2D eigenvalue weighted by molar-refractivity contribution is -0.385. The van der Waals surface area contributed by atoms with E-state index in [4.69, 9.17) is 11.6 Å². The summed E-state index contributed by atoms with van der Waals surface area (Å²) in [6.07, 6.45) is 2.59. The van der Waals surface area contributed by atoms with Crippen LogP contribution in [0.4, 0.5) is 5.69 Å². The van der Waals surface area contributed by atoms with E-state index in [1.807, 2.05) is 13.0 Å². The number of hydrogen-bond donors (Lipinski definition) is 0. The van der Waals surface area contributed by atoms with Crippen LogP contribution in [0.2, 0.25) is 5.02 Å². The summed E-state index contributed by atoms with van der Waals surface area (Å²) in [7, 11) is 0. The maximum Gasteiger partial charge on any atom is 0.282 e. The summed E-state index contributed by atoms with van der Waals surface area (Å²) in [5.41, 5.74) is 0.337. The number of nitro benzene ring substituents is 1. The van der Waals surface area contributed by atoms with Crippen LogP contribution < -0.4 is 0 Å². The lowest BCUT2D eigenvalue weighted by atomic mass is 9.82. The van der Waals surface area contributed by atoms with Crippen molar-refractivity contribution in [2.75, 3.05) is 6.54 Å². The van der Waals surface area contributed by atoms with Crippen LogP contribution in [0.25, 0.3) is 0 Å². The molecule has 1 aliphatic heterocycles. The van der Waals surface area contributed by atoms with Crippen LogP contribution in [0.5, 0.6) is 0 Å². The molecule has 2 aromatic carbocycles. The van der Waals surface area contributed by atoms with Gasteiger partial charge in [-0.2, -0.15) is 5.01 Å². The van der Waals surface area contributed by atoms with Crippen LogP contribution in [0, 0.1) is 22.0 Å². The van der Waals surface area contributed by atoms with Gasteiger partial charge in [-0.15, -0.1) is 0 Å². The zero-order valence-electron chi connectivity index (χ0n) is 18.1. The highest BCUT2D eigenvalue weighted by atomic mass is 35.5. The average molecular weight is 482 g/mol. The molecule has 2 atom stereocenters. The number of allylic oxidation sites excluding steroid dienone is 2. The number of nitrogens with zero attached hydrogens (tertiary/aromatic N) is 3. The van der Waals surface area contributed by atoms with Crippen molar-refractivity contribution in [1.82, 2.24) is 10.0 Å². The first-order valence-electron chi connectivity index (χ1n) is 10.6. The molecule has 2 aliphatic rings. The van der Waals surface area contributed by atoms with Crippen molar-refractivity contribution in [3.63, 3.8) is 0 Å². The molecule has 0 N–H and O–H groups in total. The summed E-state index contributed by atoms with van der Waals surface area (Å²) >= 11 is 5.88. The number of Topliss-reactive ketones (excluding diaryl/α,β-unsaturated/α-hetero) is 1. The van der Waals surface area contributed by atoms with Crippen LogP contribution in [0.15, 0.2) is 60.2 Å². The summed E-state index contributed by atoms with van der Waals surface area (Å²) < 4.78 is 0. The molecule has 34 heavy (non-hydrogen) atoms. The normalized spacial score (nSPS) is 19.5. The average Bonchev–Trinajstić information content (AvgIpc) is 3.06. The molecule has 0 aromatic heterocycles. The number of nitro groups is 1. The standard InChI is InChI=1S/C24H20ClN3O6/c1-14-6-11-17-19(12-14)24(32)27(23(17)31)26(13-21(29)15-7-9-16(25)10-8-15)22(30)18-4-2-3-5-20(18)28(33)34/h2-10,17,19H,11-13H2,1H3/t17-,19-/m0/s1. The van der Waals surface area contributed by atoms with E-state index in [1.54, 1.807) is 0 Å². The molecule has 0 spiro atoms. The fourth-order valence-corrected chi connectivity index (χ4v) is 4.43. The Kier molecular flexibility index (Phi) is 6.30. The minimum Gasteiger partial charge on any atom is -0.292 e. The third-order valence-electron chi connectivity index (χ3n) is 6.07. The topological polar surface area (TPSA) is 118 Å². The summed E-state index contributed by atoms with van der Waals surface area (Å²) in [6, 6.07) is 11.1. The first-order chi connectivity index (χ1) is 16.2. The number of fused-ring (bicyclic) bond motifs is 1. The predicted octanol–water partition coefficient (Wildman–Crippen LogP) is 3.83. The molecule has 4 rings (SSSR count). The third-order valence-corrected chi connectivity index (χ3v) is 6.32. The molecule has 10 heteroatoms. The second kappa shape index (κ2) is 9.18. The number of halogens is 1. The Balaban J connectivity index is 1.74. The number of ketones is 1. The molecule has 0 unspecified atom stereocenters. The van der Waals surface area contributed by atoms with Crippen molar-refractivity contribution >= 4 is 40.8 Å². The quantitative estimate of drug-likeness (QED) is 0.203. The van der Waals surface area contributed by atoms with Gasteiger partial charge in [-0.1, -0.05) is 35.4 Å². The fraction of sp³-hybridized carbons (Fsp3) is 0.250. The maximum atomic E-state index is 13.5. The number of benzene rings is 2. The van der Waals surface area contributed by atoms with E-state index in [1.165, 1.54) is 42.5 Å². The summed E-state index contributed by atoms with van der Waals surface area (Å²) in [5.74, 6) is -4.05. The number of amides is 3. The van der Waals surface area contributed by atoms with E-state index in [0.29, 0.717) is 22.9 Å². The van der Waals surface area contributed by atoms with Crippen molar-refractivity contribution in [2.24, 2.45) is 11.8 Å². The lowest BCUT2D eigenvalue weighted by Gasteiger charge is -2.30. The zero-order valence-corrected chi connectivity index (χ0v) is 18.9. The molecule has 0 radical (unpaired) electrons. The van der Waals surface area contributed by atoms with Gasteiger partial charge in [-0.3, -0.25) is 29.3 Å². The Hall–Kier alpha value is -3.85. The highest BCUT2D eigenvalue weighted by Crippen LogP contribution is 2.39. The molecule has 9 nitrogen and oxygen atoms in total. The smallest absolute Gasteiger partial charge is 0.282 e. The Morgan fingerprint density at radius 3 is 2.41 bits per heavy atom. The largest absolute Gasteiger partial charge is 0.292 e. The lowest BCUT2D eigenvalue weighted by Crippen LogP contribution is -2.52. The molecule has 0 saturated carbocycles. The van der Waals surface area contributed by atoms with Gasteiger partial charge in [0.2, 0.25) is 0 Å². The Morgan fingerprint density at radius 2 is 1.74 bits per heavy atom. The van der Waals surface area contributed by atoms with Gasteiger partial charge in [-0.25, -0.2) is 5.01 Å². The molecule has 2 aromatic rings. The van der Waals surface area contributed by atoms with E-state index in [9.17, 15) is 29.3 Å². The van der Waals surface area contributed by atoms with Gasteiger partial charge in [0.15, 0.2) is 5.78 Å². The Labute approximate surface area is 199 Å². The number of imide groups is 1. The molecule has 3 amide bonds. The van der Waals surface area contributed by atoms with Crippen LogP contribution in [0.1, 0.15) is 40.5 Å². The van der Waals surface area contributed by atoms with Crippen molar-refractivity contribution in [3.05, 3.63) is 86.4 Å². The van der Waals surface area contributed by atoms with E-state index in [0.717, 1.165) is 16.6 Å². The van der Waals surface area contributed by atoms with E-state index in [2.05, 4.69) is 0 Å². The van der Waals surface area contributed by atoms with E-state index in [-0.39, 0.29) is 11.1 Å². The van der Waals surface area contributed by atoms with Crippen LogP contribution in [-0.4, -0.2) is 45.0 Å². The van der Waals surface area contributed by atoms with Gasteiger partial charge in [0.25, 0.3) is 23.4 Å². The minimum absolute atomic E-state index is 0.207. The number of carbonyl (C=O) groups excluding carboxylic acids is 4. The number of carbonyl (C=O) groups is 4. The summed E-state index contributed by atoms with van der Waals surface area (Å²) in [6.45, 7) is 1.20. The molecule has 1 heterocycles. The second-order valence-electron chi connectivity index (χ2n) is 8.26. The monoisotopic (exact) mass is 481 g/mol. The zero-order chi connectivity index (χ0) is 24.6. The Bertz CT molecular complexity index is 1240. The highest BCUT2D eigenvalue weighted by molar-refractivity contribution is 6.30. The molecule has 1 aliphatic carbocycles. The number of rotatable bonds is 6. The highest BCUT2D eigenvalue weighted by Gasteiger charge is 2.52. The summed E-state index contributed by atoms with van der Waals surface area (Å²) in [4.78, 5) is 63.9. The van der Waals surface area contributed by atoms with Gasteiger partial charge < -0.3 is 0 Å². The fourth-order valence-electron chi connectivity index (χ4n) is 4.31. The molecule has 1 fully saturated rings. The van der Waals surface area contributed by atoms with Crippen molar-refractivity contribution in [2.45, 2.75) is 19.8 Å². The molecule has 174 valence electrons. The van der Waals surface area contributed by atoms with Gasteiger partial charge in [0, 0.05) is 16.7 Å². The van der Waals surface area contributed by atoms with E-state index < -0.39 is 52.5 Å². The van der Waals surface area contributed by atoms with E-state index >= 15 is 0 Å². The third kappa shape index (κ3) is 4.22. The van der Waals surface area contributed by atoms with Gasteiger partial charge in [0.1, 0.15) is 12.1 Å². The van der Waals surface area contributed by atoms with Crippen LogP contribution in [-0.2, 0) is 9.59 Å². The summed E-state index contributed by atoms with van der Waals surface area (Å²) in [5, 5.41) is 13.4. The van der Waals surface area contributed by atoms with Crippen LogP contribution in [0.3, 0.4) is 0 Å². The molecular weight excluding hydrogens is 462 g/mol. The predicted molar refractivity (Wildman–Crippen MR) is 122 cm³/mol. The van der Waals surface area contributed by atoms with Crippen LogP contribution >= 0.6 is 11.6 Å². The Morgan fingerprint density at radius 1 is 1.09 bits per heavy atom. The minimum atomic E-state index is -0.986. The number of hydrogen-bond acceptors (Lipinski definition) is 6. The van der Waals surface area contributed by atoms with Crippen molar-refractivity contribution in [3.8, 4) is 0 Å².